The van der Waals surface area contributed by atoms with Crippen molar-refractivity contribution in [2.24, 2.45) is 0 Å². The molecule has 4 heteroatoms. The number of allylic oxidation sites excluding steroid dienone is 2. The van der Waals surface area contributed by atoms with Crippen LogP contribution in [0.1, 0.15) is 118 Å². The van der Waals surface area contributed by atoms with Crippen molar-refractivity contribution in [1.82, 2.24) is 0 Å². The van der Waals surface area contributed by atoms with Gasteiger partial charge in [0.15, 0.2) is 0 Å². The van der Waals surface area contributed by atoms with E-state index < -0.39 is 11.9 Å². The van der Waals surface area contributed by atoms with Crippen molar-refractivity contribution >= 4 is 11.9 Å². The zero-order chi connectivity index (χ0) is 21.9. The van der Waals surface area contributed by atoms with Gasteiger partial charge >= 0.3 is 11.9 Å². The van der Waals surface area contributed by atoms with E-state index in [1.807, 2.05) is 0 Å². The topological polar surface area (TPSA) is 63.6 Å². The van der Waals surface area contributed by atoms with E-state index in [-0.39, 0.29) is 11.1 Å². The Kier molecular flexibility index (Phi) is 15.3. The summed E-state index contributed by atoms with van der Waals surface area (Å²) in [6, 6.07) is 6.17. The van der Waals surface area contributed by atoms with Crippen LogP contribution in [0.2, 0.25) is 0 Å². The van der Waals surface area contributed by atoms with Gasteiger partial charge in [-0.15, -0.1) is 0 Å². The number of rotatable bonds is 18. The Morgan fingerprint density at radius 3 is 1.80 bits per heavy atom. The Labute approximate surface area is 182 Å². The molecule has 0 amide bonds. The van der Waals surface area contributed by atoms with Gasteiger partial charge in [0.25, 0.3) is 0 Å². The van der Waals surface area contributed by atoms with Crippen LogP contribution in [-0.2, 0) is 4.74 Å². The first-order valence-electron chi connectivity index (χ1n) is 11.8. The molecule has 0 aliphatic carbocycles. The third-order valence-corrected chi connectivity index (χ3v) is 5.28. The molecule has 0 aliphatic rings. The second-order valence-electron chi connectivity index (χ2n) is 7.90. The summed E-state index contributed by atoms with van der Waals surface area (Å²) < 4.78 is 5.23. The second kappa shape index (κ2) is 17.7. The number of carboxylic acids is 1. The van der Waals surface area contributed by atoms with Crippen LogP contribution in [0.15, 0.2) is 36.4 Å². The molecular weight excluding hydrogens is 376 g/mol. The summed E-state index contributed by atoms with van der Waals surface area (Å²) in [5.41, 5.74) is 0.116. The van der Waals surface area contributed by atoms with Gasteiger partial charge < -0.3 is 9.84 Å². The molecule has 0 aliphatic heterocycles. The molecule has 168 valence electrons. The Morgan fingerprint density at radius 2 is 1.27 bits per heavy atom. The van der Waals surface area contributed by atoms with Crippen molar-refractivity contribution in [2.75, 3.05) is 6.61 Å². The minimum atomic E-state index is -1.11. The van der Waals surface area contributed by atoms with Crippen LogP contribution >= 0.6 is 0 Å². The van der Waals surface area contributed by atoms with Crippen LogP contribution in [0.25, 0.3) is 0 Å². The Balaban J connectivity index is 1.91. The van der Waals surface area contributed by atoms with Gasteiger partial charge in [-0.05, 0) is 37.8 Å². The molecule has 0 saturated heterocycles. The van der Waals surface area contributed by atoms with E-state index in [2.05, 4.69) is 19.1 Å². The number of benzene rings is 1. The number of carbonyl (C=O) groups is 2. The van der Waals surface area contributed by atoms with E-state index in [1.54, 1.807) is 12.1 Å². The van der Waals surface area contributed by atoms with Crippen LogP contribution in [0.3, 0.4) is 0 Å². The number of hydrogen-bond donors (Lipinski definition) is 1. The summed E-state index contributed by atoms with van der Waals surface area (Å²) in [5, 5.41) is 9.12. The van der Waals surface area contributed by atoms with Gasteiger partial charge in [0.1, 0.15) is 0 Å². The summed E-state index contributed by atoms with van der Waals surface area (Å²) in [6.07, 6.45) is 22.0. The fourth-order valence-corrected chi connectivity index (χ4v) is 3.51. The molecule has 4 nitrogen and oxygen atoms in total. The zero-order valence-electron chi connectivity index (χ0n) is 18.7. The van der Waals surface area contributed by atoms with Crippen LogP contribution in [0.5, 0.6) is 0 Å². The molecule has 0 heterocycles. The fraction of sp³-hybridized carbons (Fsp3) is 0.615. The molecule has 1 rings (SSSR count). The van der Waals surface area contributed by atoms with E-state index in [9.17, 15) is 9.59 Å². The van der Waals surface area contributed by atoms with E-state index in [4.69, 9.17) is 9.84 Å². The first-order chi connectivity index (χ1) is 14.7. The highest BCUT2D eigenvalue weighted by atomic mass is 16.5. The highest BCUT2D eigenvalue weighted by Gasteiger charge is 2.16. The van der Waals surface area contributed by atoms with Crippen LogP contribution < -0.4 is 0 Å². The molecule has 0 fully saturated rings. The Morgan fingerprint density at radius 1 is 0.767 bits per heavy atom. The minimum absolute atomic E-state index is 0.00775. The first kappa shape index (κ1) is 25.9. The number of unbranched alkanes of at least 4 members (excludes halogenated alkanes) is 12. The molecular formula is C26H40O4. The molecule has 0 unspecified atom stereocenters. The molecule has 0 aromatic heterocycles. The van der Waals surface area contributed by atoms with Crippen molar-refractivity contribution in [2.45, 2.75) is 96.8 Å². The number of hydrogen-bond acceptors (Lipinski definition) is 3. The van der Waals surface area contributed by atoms with Gasteiger partial charge in [-0.3, -0.25) is 0 Å². The van der Waals surface area contributed by atoms with Gasteiger partial charge in [0.05, 0.1) is 17.7 Å². The number of carboxylic acid groups (broad SMARTS) is 1. The highest BCUT2D eigenvalue weighted by molar-refractivity contribution is 6.02. The molecule has 1 N–H and O–H groups in total. The number of ether oxygens (including phenoxy) is 1. The zero-order valence-corrected chi connectivity index (χ0v) is 18.7. The normalized spacial score (nSPS) is 11.1. The van der Waals surface area contributed by atoms with Crippen molar-refractivity contribution in [1.29, 1.82) is 0 Å². The second-order valence-corrected chi connectivity index (χ2v) is 7.90. The van der Waals surface area contributed by atoms with Gasteiger partial charge in [0, 0.05) is 0 Å². The van der Waals surface area contributed by atoms with Crippen molar-refractivity contribution in [3.05, 3.63) is 47.5 Å². The molecule has 30 heavy (non-hydrogen) atoms. The van der Waals surface area contributed by atoms with Gasteiger partial charge in [0.2, 0.25) is 0 Å². The Hall–Kier alpha value is -2.10. The lowest BCUT2D eigenvalue weighted by Crippen LogP contribution is -2.12. The highest BCUT2D eigenvalue weighted by Crippen LogP contribution is 2.14. The summed E-state index contributed by atoms with van der Waals surface area (Å²) in [4.78, 5) is 23.2. The summed E-state index contributed by atoms with van der Waals surface area (Å²) in [7, 11) is 0. The average molecular weight is 417 g/mol. The van der Waals surface area contributed by atoms with E-state index >= 15 is 0 Å². The maximum atomic E-state index is 12.0. The molecule has 0 saturated carbocycles. The summed E-state index contributed by atoms with van der Waals surface area (Å²) in [6.45, 7) is 2.53. The van der Waals surface area contributed by atoms with Crippen molar-refractivity contribution in [3.63, 3.8) is 0 Å². The smallest absolute Gasteiger partial charge is 0.339 e. The van der Waals surface area contributed by atoms with Crippen molar-refractivity contribution < 1.29 is 19.4 Å². The molecule has 0 bridgehead atoms. The number of aromatic carboxylic acids is 1. The van der Waals surface area contributed by atoms with Gasteiger partial charge in [-0.2, -0.15) is 0 Å². The third kappa shape index (κ3) is 12.5. The maximum absolute atomic E-state index is 12.0. The first-order valence-corrected chi connectivity index (χ1v) is 11.8. The van der Waals surface area contributed by atoms with Crippen molar-refractivity contribution in [3.8, 4) is 0 Å². The lowest BCUT2D eigenvalue weighted by Gasteiger charge is -2.07. The molecule has 0 radical (unpaired) electrons. The standard InChI is InChI=1S/C26H40O4/c1-2-3-4-5-6-7-8-9-10-11-12-13-14-15-16-19-22-30-26(29)24-21-18-17-20-23(24)25(27)28/h3-4,17-18,20-21H,2,5-16,19,22H2,1H3,(H,27,28)/b4-3+. The van der Waals surface area contributed by atoms with Gasteiger partial charge in [-0.25, -0.2) is 9.59 Å². The maximum Gasteiger partial charge on any atom is 0.339 e. The van der Waals surface area contributed by atoms with Gasteiger partial charge in [-0.1, -0.05) is 95.4 Å². The Bertz CT molecular complexity index is 621. The summed E-state index contributed by atoms with van der Waals surface area (Å²) in [5.74, 6) is -1.66. The monoisotopic (exact) mass is 416 g/mol. The van der Waals surface area contributed by atoms with E-state index in [0.717, 1.165) is 25.7 Å². The SMILES string of the molecule is CC/C=C/CCCCCCCCCCCCCCOC(=O)c1ccccc1C(=O)O. The third-order valence-electron chi connectivity index (χ3n) is 5.28. The number of esters is 1. The molecule has 0 spiro atoms. The predicted molar refractivity (Wildman–Crippen MR) is 123 cm³/mol. The predicted octanol–water partition coefficient (Wildman–Crippen LogP) is 7.58. The van der Waals surface area contributed by atoms with E-state index in [0.29, 0.717) is 6.61 Å². The summed E-state index contributed by atoms with van der Waals surface area (Å²) >= 11 is 0. The molecule has 0 atom stereocenters. The molecule has 1 aromatic rings. The molecule has 1 aromatic carbocycles. The average Bonchev–Trinajstić information content (AvgIpc) is 2.75. The van der Waals surface area contributed by atoms with E-state index in [1.165, 1.54) is 76.3 Å². The van der Waals surface area contributed by atoms with Crippen LogP contribution in [0, 0.1) is 0 Å². The lowest BCUT2D eigenvalue weighted by atomic mass is 10.0. The number of carbonyl (C=O) groups excluding carboxylic acids is 1. The lowest BCUT2D eigenvalue weighted by molar-refractivity contribution is 0.0487. The van der Waals surface area contributed by atoms with Crippen LogP contribution in [0.4, 0.5) is 0 Å². The quantitative estimate of drug-likeness (QED) is 0.152. The minimum Gasteiger partial charge on any atom is -0.478 e. The largest absolute Gasteiger partial charge is 0.478 e. The van der Waals surface area contributed by atoms with Crippen LogP contribution in [-0.4, -0.2) is 23.7 Å². The fourth-order valence-electron chi connectivity index (χ4n) is 3.51.